The Balaban J connectivity index is 1.55. The number of amidine groups is 1. The summed E-state index contributed by atoms with van der Waals surface area (Å²) in [5, 5.41) is 9.86. The number of hydrogen-bond donors (Lipinski definition) is 0. The first-order valence-electron chi connectivity index (χ1n) is 7.89. The van der Waals surface area contributed by atoms with Crippen LogP contribution in [0.4, 0.5) is 0 Å². The molecule has 4 rings (SSSR count). The van der Waals surface area contributed by atoms with Crippen molar-refractivity contribution in [3.63, 3.8) is 0 Å². The molecule has 0 unspecified atom stereocenters. The molecule has 0 spiro atoms. The number of hydrazone groups is 1. The summed E-state index contributed by atoms with van der Waals surface area (Å²) in [6.45, 7) is 0.645. The standard InChI is InChI=1S/C19H16BrN3OS/c1-24-17-8-2-13(3-9-17)10-16-11-21-19-23(22-16)18(12-25-19)14-4-6-15(20)7-5-14/h2-9,12H,10-11H2,1H3. The first-order chi connectivity index (χ1) is 12.2. The van der Waals surface area contributed by atoms with Gasteiger partial charge in [-0.15, -0.1) is 0 Å². The predicted molar refractivity (Wildman–Crippen MR) is 108 cm³/mol. The van der Waals surface area contributed by atoms with E-state index in [0.29, 0.717) is 6.54 Å². The average Bonchev–Trinajstić information content (AvgIpc) is 3.06. The van der Waals surface area contributed by atoms with Crippen LogP contribution < -0.4 is 4.74 Å². The van der Waals surface area contributed by atoms with Gasteiger partial charge in [0, 0.05) is 21.9 Å². The second-order valence-corrected chi connectivity index (χ2v) is 7.48. The van der Waals surface area contributed by atoms with E-state index in [0.717, 1.165) is 38.8 Å². The van der Waals surface area contributed by atoms with Crippen LogP contribution in [0.15, 0.2) is 68.5 Å². The average molecular weight is 414 g/mol. The van der Waals surface area contributed by atoms with Gasteiger partial charge in [-0.3, -0.25) is 4.99 Å². The summed E-state index contributed by atoms with van der Waals surface area (Å²) in [5.74, 6) is 0.867. The molecule has 0 aromatic heterocycles. The summed E-state index contributed by atoms with van der Waals surface area (Å²) < 4.78 is 6.28. The molecule has 2 aromatic rings. The van der Waals surface area contributed by atoms with Crippen LogP contribution in [0, 0.1) is 0 Å². The van der Waals surface area contributed by atoms with Crippen LogP contribution in [-0.4, -0.2) is 29.5 Å². The number of thioether (sulfide) groups is 1. The fraction of sp³-hybridized carbons (Fsp3) is 0.158. The maximum Gasteiger partial charge on any atom is 0.189 e. The monoisotopic (exact) mass is 413 g/mol. The fourth-order valence-electron chi connectivity index (χ4n) is 2.73. The molecule has 0 atom stereocenters. The van der Waals surface area contributed by atoms with Crippen molar-refractivity contribution in [1.29, 1.82) is 0 Å². The molecular formula is C19H16BrN3OS. The van der Waals surface area contributed by atoms with Crippen LogP contribution in [0.5, 0.6) is 5.75 Å². The number of benzene rings is 2. The Kier molecular flexibility index (Phi) is 4.63. The summed E-state index contributed by atoms with van der Waals surface area (Å²) in [6.07, 6.45) is 0.787. The zero-order valence-corrected chi connectivity index (χ0v) is 16.0. The summed E-state index contributed by atoms with van der Waals surface area (Å²) in [5.41, 5.74) is 4.47. The molecule has 126 valence electrons. The Morgan fingerprint density at radius 1 is 1.12 bits per heavy atom. The van der Waals surface area contributed by atoms with Gasteiger partial charge in [0.1, 0.15) is 5.75 Å². The van der Waals surface area contributed by atoms with Gasteiger partial charge >= 0.3 is 0 Å². The Morgan fingerprint density at radius 2 is 1.88 bits per heavy atom. The van der Waals surface area contributed by atoms with E-state index in [9.17, 15) is 0 Å². The molecular weight excluding hydrogens is 398 g/mol. The fourth-order valence-corrected chi connectivity index (χ4v) is 3.82. The van der Waals surface area contributed by atoms with Crippen molar-refractivity contribution in [3.8, 4) is 5.75 Å². The topological polar surface area (TPSA) is 37.2 Å². The normalized spacial score (nSPS) is 16.1. The predicted octanol–water partition coefficient (Wildman–Crippen LogP) is 4.77. The summed E-state index contributed by atoms with van der Waals surface area (Å²) in [4.78, 5) is 4.68. The lowest BCUT2D eigenvalue weighted by molar-refractivity contribution is 0.414. The maximum atomic E-state index is 5.21. The lowest BCUT2D eigenvalue weighted by Gasteiger charge is -2.22. The van der Waals surface area contributed by atoms with Crippen molar-refractivity contribution in [2.45, 2.75) is 6.42 Å². The van der Waals surface area contributed by atoms with Crippen LogP contribution in [0.2, 0.25) is 0 Å². The number of hydrogen-bond acceptors (Lipinski definition) is 5. The minimum Gasteiger partial charge on any atom is -0.497 e. The molecule has 0 saturated carbocycles. The lowest BCUT2D eigenvalue weighted by atomic mass is 10.1. The van der Waals surface area contributed by atoms with E-state index in [2.05, 4.69) is 50.6 Å². The molecule has 2 heterocycles. The van der Waals surface area contributed by atoms with Crippen LogP contribution in [0.25, 0.3) is 5.70 Å². The Bertz CT molecular complexity index is 873. The van der Waals surface area contributed by atoms with E-state index in [4.69, 9.17) is 9.84 Å². The summed E-state index contributed by atoms with van der Waals surface area (Å²) in [6, 6.07) is 16.4. The molecule has 25 heavy (non-hydrogen) atoms. The van der Waals surface area contributed by atoms with Crippen LogP contribution in [0.1, 0.15) is 11.1 Å². The quantitative estimate of drug-likeness (QED) is 0.723. The molecule has 0 fully saturated rings. The van der Waals surface area contributed by atoms with Gasteiger partial charge in [0.15, 0.2) is 5.17 Å². The van der Waals surface area contributed by atoms with Crippen molar-refractivity contribution < 1.29 is 4.74 Å². The molecule has 6 heteroatoms. The summed E-state index contributed by atoms with van der Waals surface area (Å²) >= 11 is 5.11. The molecule has 0 N–H and O–H groups in total. The first kappa shape index (κ1) is 16.4. The lowest BCUT2D eigenvalue weighted by Crippen LogP contribution is -2.27. The van der Waals surface area contributed by atoms with Crippen LogP contribution >= 0.6 is 27.7 Å². The molecule has 0 bridgehead atoms. The van der Waals surface area contributed by atoms with Crippen LogP contribution in [-0.2, 0) is 6.42 Å². The van der Waals surface area contributed by atoms with E-state index < -0.39 is 0 Å². The zero-order chi connectivity index (χ0) is 17.2. The van der Waals surface area contributed by atoms with Crippen molar-refractivity contribution in [2.75, 3.05) is 13.7 Å². The molecule has 2 aliphatic heterocycles. The van der Waals surface area contributed by atoms with Gasteiger partial charge in [0.25, 0.3) is 0 Å². The van der Waals surface area contributed by atoms with E-state index in [1.165, 1.54) is 5.56 Å². The molecule has 0 aliphatic carbocycles. The van der Waals surface area contributed by atoms with Gasteiger partial charge in [0.2, 0.25) is 0 Å². The van der Waals surface area contributed by atoms with Gasteiger partial charge in [0.05, 0.1) is 25.1 Å². The maximum absolute atomic E-state index is 5.21. The number of rotatable bonds is 4. The van der Waals surface area contributed by atoms with Crippen molar-refractivity contribution in [1.82, 2.24) is 5.01 Å². The number of nitrogens with zero attached hydrogens (tertiary/aromatic N) is 3. The van der Waals surface area contributed by atoms with Crippen molar-refractivity contribution in [3.05, 3.63) is 69.5 Å². The zero-order valence-electron chi connectivity index (χ0n) is 13.6. The molecule has 4 nitrogen and oxygen atoms in total. The number of ether oxygens (including phenoxy) is 1. The third-order valence-electron chi connectivity index (χ3n) is 4.03. The minimum absolute atomic E-state index is 0.645. The van der Waals surface area contributed by atoms with E-state index >= 15 is 0 Å². The van der Waals surface area contributed by atoms with Crippen LogP contribution in [0.3, 0.4) is 0 Å². The Morgan fingerprint density at radius 3 is 2.60 bits per heavy atom. The van der Waals surface area contributed by atoms with E-state index in [1.54, 1.807) is 18.9 Å². The van der Waals surface area contributed by atoms with Gasteiger partial charge < -0.3 is 4.74 Å². The molecule has 0 radical (unpaired) electrons. The van der Waals surface area contributed by atoms with Gasteiger partial charge in [-0.1, -0.05) is 52.0 Å². The van der Waals surface area contributed by atoms with Gasteiger partial charge in [-0.05, 0) is 29.8 Å². The summed E-state index contributed by atoms with van der Waals surface area (Å²) in [7, 11) is 1.68. The number of halogens is 1. The van der Waals surface area contributed by atoms with Crippen molar-refractivity contribution in [2.24, 2.45) is 10.1 Å². The van der Waals surface area contributed by atoms with Crippen molar-refractivity contribution >= 4 is 44.3 Å². The Hall–Kier alpha value is -2.05. The smallest absolute Gasteiger partial charge is 0.189 e. The second kappa shape index (κ2) is 7.06. The van der Waals surface area contributed by atoms with E-state index in [-0.39, 0.29) is 0 Å². The molecule has 2 aromatic carbocycles. The number of methoxy groups -OCH3 is 1. The Labute approximate surface area is 159 Å². The third-order valence-corrected chi connectivity index (χ3v) is 5.41. The third kappa shape index (κ3) is 3.50. The largest absolute Gasteiger partial charge is 0.497 e. The second-order valence-electron chi connectivity index (χ2n) is 5.73. The molecule has 0 saturated heterocycles. The highest BCUT2D eigenvalue weighted by atomic mass is 79.9. The highest BCUT2D eigenvalue weighted by Crippen LogP contribution is 2.35. The van der Waals surface area contributed by atoms with Gasteiger partial charge in [-0.25, -0.2) is 5.01 Å². The SMILES string of the molecule is COc1ccc(CC2=NN3C(c4ccc(Br)cc4)=CSC3=NC2)cc1. The minimum atomic E-state index is 0.645. The number of aliphatic imine (C=N–C) groups is 1. The number of fused-ring (bicyclic) bond motifs is 1. The molecule has 0 amide bonds. The first-order valence-corrected chi connectivity index (χ1v) is 9.57. The van der Waals surface area contributed by atoms with E-state index in [1.807, 2.05) is 29.3 Å². The van der Waals surface area contributed by atoms with Gasteiger partial charge in [-0.2, -0.15) is 5.10 Å². The highest BCUT2D eigenvalue weighted by molar-refractivity contribution is 9.10. The molecule has 2 aliphatic rings. The highest BCUT2D eigenvalue weighted by Gasteiger charge is 2.27.